The second kappa shape index (κ2) is 5.14. The van der Waals surface area contributed by atoms with Gasteiger partial charge in [-0.3, -0.25) is 0 Å². The maximum atomic E-state index is 6.32. The number of nitrogens with zero attached hydrogens (tertiary/aromatic N) is 2. The van der Waals surface area contributed by atoms with Gasteiger partial charge in [-0.15, -0.1) is 0 Å². The minimum atomic E-state index is 0.402. The summed E-state index contributed by atoms with van der Waals surface area (Å²) in [5.41, 5.74) is 1.74. The van der Waals surface area contributed by atoms with Crippen molar-refractivity contribution in [3.05, 3.63) is 34.0 Å². The molecule has 0 unspecified atom stereocenters. The van der Waals surface area contributed by atoms with Gasteiger partial charge in [0.1, 0.15) is 16.1 Å². The van der Waals surface area contributed by atoms with E-state index in [2.05, 4.69) is 9.97 Å². The van der Waals surface area contributed by atoms with Crippen LogP contribution in [0.25, 0.3) is 11.4 Å². The number of hydrogen-bond acceptors (Lipinski definition) is 3. The Bertz CT molecular complexity index is 580. The zero-order valence-electron chi connectivity index (χ0n) is 10.6. The van der Waals surface area contributed by atoms with E-state index in [4.69, 9.17) is 27.6 Å². The number of rotatable bonds is 2. The number of hydrogen-bond donors (Lipinski definition) is 0. The van der Waals surface area contributed by atoms with Crippen molar-refractivity contribution in [2.45, 2.75) is 38.5 Å². The third-order valence-electron chi connectivity index (χ3n) is 3.72. The van der Waals surface area contributed by atoms with Crippen LogP contribution in [0, 0.1) is 6.92 Å². The fraction of sp³-hybridized carbons (Fsp3) is 0.429. The maximum absolute atomic E-state index is 6.32. The molecule has 0 atom stereocenters. The van der Waals surface area contributed by atoms with Crippen molar-refractivity contribution in [2.75, 3.05) is 0 Å². The summed E-state index contributed by atoms with van der Waals surface area (Å²) >= 11 is 12.6. The first-order valence-electron chi connectivity index (χ1n) is 6.44. The van der Waals surface area contributed by atoms with E-state index in [1.54, 1.807) is 6.26 Å². The second-order valence-electron chi connectivity index (χ2n) is 4.91. The molecule has 5 heteroatoms. The van der Waals surface area contributed by atoms with Gasteiger partial charge in [0.05, 0.1) is 11.8 Å². The molecule has 100 valence electrons. The van der Waals surface area contributed by atoms with Gasteiger partial charge in [0.25, 0.3) is 0 Å². The fourth-order valence-electron chi connectivity index (χ4n) is 2.71. The number of furan rings is 1. The molecule has 2 heterocycles. The molecular formula is C14H14Cl2N2O. The largest absolute Gasteiger partial charge is 0.469 e. The van der Waals surface area contributed by atoms with E-state index in [0.717, 1.165) is 29.7 Å². The van der Waals surface area contributed by atoms with E-state index in [-0.39, 0.29) is 0 Å². The Balaban J connectivity index is 2.05. The Morgan fingerprint density at radius 1 is 1.16 bits per heavy atom. The van der Waals surface area contributed by atoms with Crippen molar-refractivity contribution < 1.29 is 4.42 Å². The lowest BCUT2D eigenvalue weighted by atomic mass is 10.0. The van der Waals surface area contributed by atoms with Crippen LogP contribution in [0.1, 0.15) is 42.9 Å². The number of aryl methyl sites for hydroxylation is 1. The lowest BCUT2D eigenvalue weighted by molar-refractivity contribution is 0.535. The summed E-state index contributed by atoms with van der Waals surface area (Å²) in [6, 6.07) is 1.83. The molecule has 0 radical (unpaired) electrons. The molecule has 0 amide bonds. The zero-order valence-corrected chi connectivity index (χ0v) is 12.1. The van der Waals surface area contributed by atoms with Gasteiger partial charge in [-0.25, -0.2) is 9.97 Å². The van der Waals surface area contributed by atoms with Gasteiger partial charge in [0.2, 0.25) is 0 Å². The minimum absolute atomic E-state index is 0.402. The molecular weight excluding hydrogens is 283 g/mol. The molecule has 1 fully saturated rings. The molecule has 0 spiro atoms. The summed E-state index contributed by atoms with van der Waals surface area (Å²) in [4.78, 5) is 8.78. The van der Waals surface area contributed by atoms with Crippen molar-refractivity contribution in [2.24, 2.45) is 0 Å². The fourth-order valence-corrected chi connectivity index (χ4v) is 3.40. The normalized spacial score (nSPS) is 16.2. The predicted octanol–water partition coefficient (Wildman–Crippen LogP) is 5.01. The summed E-state index contributed by atoms with van der Waals surface area (Å²) in [6.07, 6.45) is 6.29. The van der Waals surface area contributed by atoms with Crippen LogP contribution in [0.4, 0.5) is 0 Å². The highest BCUT2D eigenvalue weighted by Gasteiger charge is 2.25. The van der Waals surface area contributed by atoms with Crippen molar-refractivity contribution in [3.8, 4) is 11.4 Å². The van der Waals surface area contributed by atoms with E-state index in [9.17, 15) is 0 Å². The summed E-state index contributed by atoms with van der Waals surface area (Å²) in [5.74, 6) is 1.70. The molecule has 1 saturated carbocycles. The third-order valence-corrected chi connectivity index (χ3v) is 4.29. The van der Waals surface area contributed by atoms with Crippen LogP contribution < -0.4 is 0 Å². The Hall–Kier alpha value is -1.06. The Morgan fingerprint density at radius 2 is 1.79 bits per heavy atom. The average Bonchev–Trinajstić information content (AvgIpc) is 2.99. The number of halogens is 2. The summed E-state index contributed by atoms with van der Waals surface area (Å²) < 4.78 is 5.26. The maximum Gasteiger partial charge on any atom is 0.166 e. The van der Waals surface area contributed by atoms with Crippen molar-refractivity contribution >= 4 is 23.2 Å². The van der Waals surface area contributed by atoms with Gasteiger partial charge in [-0.2, -0.15) is 0 Å². The molecule has 0 bridgehead atoms. The SMILES string of the molecule is Cc1occc1-c1nc(Cl)c(C2CCCC2)c(Cl)n1. The lowest BCUT2D eigenvalue weighted by Gasteiger charge is -2.13. The first-order chi connectivity index (χ1) is 9.16. The van der Waals surface area contributed by atoms with E-state index in [0.29, 0.717) is 22.0 Å². The van der Waals surface area contributed by atoms with E-state index < -0.39 is 0 Å². The highest BCUT2D eigenvalue weighted by Crippen LogP contribution is 2.40. The highest BCUT2D eigenvalue weighted by molar-refractivity contribution is 6.34. The van der Waals surface area contributed by atoms with Crippen molar-refractivity contribution in [3.63, 3.8) is 0 Å². The molecule has 3 nitrogen and oxygen atoms in total. The Kier molecular flexibility index (Phi) is 3.50. The summed E-state index contributed by atoms with van der Waals surface area (Å²) in [6.45, 7) is 1.87. The van der Waals surface area contributed by atoms with Gasteiger partial charge in [-0.1, -0.05) is 36.0 Å². The molecule has 0 N–H and O–H groups in total. The molecule has 19 heavy (non-hydrogen) atoms. The van der Waals surface area contributed by atoms with Crippen LogP contribution in [0.3, 0.4) is 0 Å². The van der Waals surface area contributed by atoms with Crippen LogP contribution >= 0.6 is 23.2 Å². The zero-order chi connectivity index (χ0) is 13.4. The van der Waals surface area contributed by atoms with Crippen LogP contribution in [-0.2, 0) is 0 Å². The molecule has 0 saturated heterocycles. The first-order valence-corrected chi connectivity index (χ1v) is 7.20. The molecule has 3 rings (SSSR count). The van der Waals surface area contributed by atoms with E-state index >= 15 is 0 Å². The average molecular weight is 297 g/mol. The van der Waals surface area contributed by atoms with E-state index in [1.807, 2.05) is 13.0 Å². The molecule has 0 aromatic carbocycles. The van der Waals surface area contributed by atoms with Gasteiger partial charge >= 0.3 is 0 Å². The highest BCUT2D eigenvalue weighted by atomic mass is 35.5. The molecule has 1 aliphatic rings. The quantitative estimate of drug-likeness (QED) is 0.731. The van der Waals surface area contributed by atoms with Gasteiger partial charge < -0.3 is 4.42 Å². The van der Waals surface area contributed by atoms with Gasteiger partial charge in [-0.05, 0) is 31.7 Å². The Morgan fingerprint density at radius 3 is 2.32 bits per heavy atom. The third kappa shape index (κ3) is 2.37. The molecule has 2 aromatic heterocycles. The second-order valence-corrected chi connectivity index (χ2v) is 5.63. The lowest BCUT2D eigenvalue weighted by Crippen LogP contribution is -2.01. The standard InChI is InChI=1S/C14H14Cl2N2O/c1-8-10(6-7-19-8)14-17-12(15)11(13(16)18-14)9-4-2-3-5-9/h6-7,9H,2-5H2,1H3. The van der Waals surface area contributed by atoms with Crippen LogP contribution in [-0.4, -0.2) is 9.97 Å². The van der Waals surface area contributed by atoms with Crippen molar-refractivity contribution in [1.82, 2.24) is 9.97 Å². The van der Waals surface area contributed by atoms with Gasteiger partial charge in [0, 0.05) is 5.56 Å². The predicted molar refractivity (Wildman–Crippen MR) is 75.7 cm³/mol. The van der Waals surface area contributed by atoms with Crippen LogP contribution in [0.15, 0.2) is 16.7 Å². The van der Waals surface area contributed by atoms with Gasteiger partial charge in [0.15, 0.2) is 5.82 Å². The minimum Gasteiger partial charge on any atom is -0.469 e. The first kappa shape index (κ1) is 12.9. The van der Waals surface area contributed by atoms with Crippen molar-refractivity contribution in [1.29, 1.82) is 0 Å². The molecule has 1 aliphatic carbocycles. The summed E-state index contributed by atoms with van der Waals surface area (Å²) in [7, 11) is 0. The number of aromatic nitrogens is 2. The molecule has 2 aromatic rings. The smallest absolute Gasteiger partial charge is 0.166 e. The molecule has 0 aliphatic heterocycles. The van der Waals surface area contributed by atoms with Crippen LogP contribution in [0.5, 0.6) is 0 Å². The Labute approximate surface area is 122 Å². The van der Waals surface area contributed by atoms with Crippen LogP contribution in [0.2, 0.25) is 10.3 Å². The monoisotopic (exact) mass is 296 g/mol. The van der Waals surface area contributed by atoms with E-state index in [1.165, 1.54) is 12.8 Å². The topological polar surface area (TPSA) is 38.9 Å². The summed E-state index contributed by atoms with van der Waals surface area (Å²) in [5, 5.41) is 0.949.